The largest absolute Gasteiger partial charge is 0.235 e. The van der Waals surface area contributed by atoms with Gasteiger partial charge in [-0.2, -0.15) is 10.5 Å². The van der Waals surface area contributed by atoms with Crippen LogP contribution in [0.3, 0.4) is 0 Å². The molecule has 3 rings (SSSR count). The van der Waals surface area contributed by atoms with Crippen LogP contribution in [-0.2, 0) is 0 Å². The van der Waals surface area contributed by atoms with Crippen LogP contribution >= 0.6 is 0 Å². The summed E-state index contributed by atoms with van der Waals surface area (Å²) >= 11 is 0. The van der Waals surface area contributed by atoms with Gasteiger partial charge >= 0.3 is 0 Å². The lowest BCUT2D eigenvalue weighted by Gasteiger charge is -2.15. The van der Waals surface area contributed by atoms with Gasteiger partial charge in [0, 0.05) is 0 Å². The van der Waals surface area contributed by atoms with Crippen molar-refractivity contribution in [3.8, 4) is 34.4 Å². The maximum atomic E-state index is 14.1. The summed E-state index contributed by atoms with van der Waals surface area (Å²) in [6.45, 7) is 17.9. The second-order valence-corrected chi connectivity index (χ2v) is 6.64. The second kappa shape index (κ2) is 7.84. The quantitative estimate of drug-likeness (QED) is 0.451. The zero-order chi connectivity index (χ0) is 22.0. The monoisotopic (exact) mass is 394 g/mol. The van der Waals surface area contributed by atoms with Crippen LogP contribution < -0.4 is 0 Å². The van der Waals surface area contributed by atoms with E-state index in [0.717, 1.165) is 11.1 Å². The van der Waals surface area contributed by atoms with Gasteiger partial charge in [0.2, 0.25) is 11.4 Å². The Morgan fingerprint density at radius 1 is 0.700 bits per heavy atom. The summed E-state index contributed by atoms with van der Waals surface area (Å²) in [7, 11) is 0. The van der Waals surface area contributed by atoms with E-state index in [1.807, 2.05) is 26.0 Å². The highest BCUT2D eigenvalue weighted by Gasteiger charge is 2.16. The summed E-state index contributed by atoms with van der Waals surface area (Å²) in [6.07, 6.45) is 0. The van der Waals surface area contributed by atoms with E-state index < -0.39 is 11.6 Å². The van der Waals surface area contributed by atoms with Crippen molar-refractivity contribution in [3.63, 3.8) is 0 Å². The van der Waals surface area contributed by atoms with Crippen molar-refractivity contribution < 1.29 is 8.78 Å². The van der Waals surface area contributed by atoms with Crippen molar-refractivity contribution in [2.45, 2.75) is 13.8 Å². The van der Waals surface area contributed by atoms with Crippen molar-refractivity contribution in [3.05, 3.63) is 93.1 Å². The minimum absolute atomic E-state index is 0.210. The van der Waals surface area contributed by atoms with Crippen LogP contribution in [0.1, 0.15) is 22.3 Å². The van der Waals surface area contributed by atoms with Crippen LogP contribution in [0.4, 0.5) is 20.2 Å². The third-order valence-corrected chi connectivity index (χ3v) is 4.78. The Kier molecular flexibility index (Phi) is 5.29. The first-order chi connectivity index (χ1) is 14.3. The first-order valence-corrected chi connectivity index (χ1v) is 8.68. The molecule has 0 radical (unpaired) electrons. The zero-order valence-electron chi connectivity index (χ0n) is 16.0. The third-order valence-electron chi connectivity index (χ3n) is 4.78. The van der Waals surface area contributed by atoms with E-state index in [9.17, 15) is 19.3 Å². The summed E-state index contributed by atoms with van der Waals surface area (Å²) in [5.74, 6) is -1.69. The molecule has 0 aromatic heterocycles. The summed E-state index contributed by atoms with van der Waals surface area (Å²) in [5, 5.41) is 18.3. The molecule has 0 amide bonds. The van der Waals surface area contributed by atoms with Crippen LogP contribution in [0.5, 0.6) is 0 Å². The second-order valence-electron chi connectivity index (χ2n) is 6.64. The summed E-state index contributed by atoms with van der Waals surface area (Å²) in [6, 6.07) is 12.8. The first kappa shape index (κ1) is 20.2. The number of halogens is 2. The number of rotatable bonds is 2. The molecule has 0 N–H and O–H groups in total. The Morgan fingerprint density at radius 3 is 1.37 bits per heavy atom. The summed E-state index contributed by atoms with van der Waals surface area (Å²) in [5.41, 5.74) is 3.15. The number of hydrogen-bond donors (Lipinski definition) is 0. The molecule has 3 aromatic carbocycles. The first-order valence-electron chi connectivity index (χ1n) is 8.68. The molecule has 0 heterocycles. The molecule has 0 unspecified atom stereocenters. The zero-order valence-corrected chi connectivity index (χ0v) is 16.0. The van der Waals surface area contributed by atoms with E-state index in [4.69, 9.17) is 13.1 Å². The number of aryl methyl sites for hydroxylation is 2. The molecule has 0 aliphatic heterocycles. The van der Waals surface area contributed by atoms with Crippen LogP contribution in [-0.4, -0.2) is 0 Å². The SMILES string of the molecule is [C-]#[N+]c1cc(-c2cc(C)c(-c3cc(C#N)c(F)c([N+]#[C-])c3)cc2C)cc(C#N)c1F. The van der Waals surface area contributed by atoms with Gasteiger partial charge < -0.3 is 0 Å². The predicted octanol–water partition coefficient (Wildman–Crippen LogP) is 6.76. The highest BCUT2D eigenvalue weighted by molar-refractivity contribution is 5.80. The molecule has 0 spiro atoms. The van der Waals surface area contributed by atoms with Crippen LogP contribution in [0, 0.1) is 61.3 Å². The van der Waals surface area contributed by atoms with Crippen LogP contribution in [0.25, 0.3) is 31.9 Å². The Balaban J connectivity index is 2.23. The maximum absolute atomic E-state index is 14.1. The molecular weight excluding hydrogens is 382 g/mol. The normalized spacial score (nSPS) is 9.87. The van der Waals surface area contributed by atoms with Gasteiger partial charge in [0.1, 0.15) is 23.8 Å². The van der Waals surface area contributed by atoms with Crippen molar-refractivity contribution >= 4 is 11.4 Å². The molecule has 6 heteroatoms. The van der Waals surface area contributed by atoms with Gasteiger partial charge in [0.05, 0.1) is 24.3 Å². The molecule has 0 atom stereocenters. The Morgan fingerprint density at radius 2 is 1.07 bits per heavy atom. The topological polar surface area (TPSA) is 56.3 Å². The van der Waals surface area contributed by atoms with Gasteiger partial charge in [-0.25, -0.2) is 18.5 Å². The molecule has 0 bridgehead atoms. The lowest BCUT2D eigenvalue weighted by molar-refractivity contribution is 0.629. The van der Waals surface area contributed by atoms with E-state index in [0.29, 0.717) is 22.3 Å². The highest BCUT2D eigenvalue weighted by Crippen LogP contribution is 2.37. The minimum Gasteiger partial charge on any atom is -0.235 e. The molecule has 142 valence electrons. The van der Waals surface area contributed by atoms with Gasteiger partial charge in [0.15, 0.2) is 0 Å². The van der Waals surface area contributed by atoms with E-state index in [1.54, 1.807) is 12.1 Å². The Bertz CT molecular complexity index is 1200. The number of nitriles is 2. The molecule has 0 aliphatic carbocycles. The van der Waals surface area contributed by atoms with Gasteiger partial charge in [0.25, 0.3) is 0 Å². The number of nitrogens with zero attached hydrogens (tertiary/aromatic N) is 4. The van der Waals surface area contributed by atoms with E-state index in [-0.39, 0.29) is 22.5 Å². The third kappa shape index (κ3) is 3.35. The number of benzene rings is 3. The van der Waals surface area contributed by atoms with E-state index >= 15 is 0 Å². The predicted molar refractivity (Wildman–Crippen MR) is 109 cm³/mol. The molecule has 0 aliphatic rings. The molecule has 30 heavy (non-hydrogen) atoms. The van der Waals surface area contributed by atoms with Gasteiger partial charge in [-0.3, -0.25) is 0 Å². The van der Waals surface area contributed by atoms with Gasteiger partial charge in [-0.1, -0.05) is 12.1 Å². The standard InChI is InChI=1S/C24H12F2N4/c1-13-5-20(16-8-18(12-28)24(26)22(10-16)30-4)14(2)6-19(13)15-7-17(11-27)23(25)21(9-15)29-3/h5-10H,1-2H3. The smallest absolute Gasteiger partial charge is 0.224 e. The highest BCUT2D eigenvalue weighted by atomic mass is 19.1. The lowest BCUT2D eigenvalue weighted by Crippen LogP contribution is -1.94. The van der Waals surface area contributed by atoms with Gasteiger partial charge in [-0.15, -0.1) is 0 Å². The van der Waals surface area contributed by atoms with Crippen molar-refractivity contribution in [2.24, 2.45) is 0 Å². The fraction of sp³-hybridized carbons (Fsp3) is 0.0833. The molecule has 0 fully saturated rings. The fourth-order valence-electron chi connectivity index (χ4n) is 3.29. The lowest BCUT2D eigenvalue weighted by atomic mass is 9.90. The van der Waals surface area contributed by atoms with Crippen molar-refractivity contribution in [1.82, 2.24) is 0 Å². The molecular formula is C24H12F2N4. The van der Waals surface area contributed by atoms with Crippen LogP contribution in [0.15, 0.2) is 36.4 Å². The molecule has 3 aromatic rings. The number of hydrogen-bond acceptors (Lipinski definition) is 2. The van der Waals surface area contributed by atoms with Crippen molar-refractivity contribution in [1.29, 1.82) is 10.5 Å². The molecule has 0 saturated heterocycles. The van der Waals surface area contributed by atoms with E-state index in [1.165, 1.54) is 24.3 Å². The average Bonchev–Trinajstić information content (AvgIpc) is 2.75. The minimum atomic E-state index is -0.843. The maximum Gasteiger partial charge on any atom is 0.224 e. The Labute approximate surface area is 172 Å². The fourth-order valence-corrected chi connectivity index (χ4v) is 3.29. The van der Waals surface area contributed by atoms with E-state index in [2.05, 4.69) is 9.69 Å². The van der Waals surface area contributed by atoms with Gasteiger partial charge in [-0.05, 0) is 71.5 Å². The Hall–Kier alpha value is -4.52. The van der Waals surface area contributed by atoms with Crippen LogP contribution in [0.2, 0.25) is 0 Å². The van der Waals surface area contributed by atoms with Crippen molar-refractivity contribution in [2.75, 3.05) is 0 Å². The summed E-state index contributed by atoms with van der Waals surface area (Å²) in [4.78, 5) is 6.32. The average molecular weight is 394 g/mol. The molecule has 0 saturated carbocycles. The summed E-state index contributed by atoms with van der Waals surface area (Å²) < 4.78 is 28.2. The molecule has 4 nitrogen and oxygen atoms in total.